The fraction of sp³-hybridized carbons (Fsp3) is 0.800. The van der Waals surface area contributed by atoms with Gasteiger partial charge >= 0.3 is 0 Å². The number of rotatable bonds is 4. The number of carbonyl (C=O) groups is 1. The normalized spacial score (nSPS) is 40.9. The third-order valence-corrected chi connectivity index (χ3v) is 8.45. The van der Waals surface area contributed by atoms with Gasteiger partial charge in [0, 0.05) is 49.1 Å². The van der Waals surface area contributed by atoms with Gasteiger partial charge in [-0.1, -0.05) is 18.7 Å². The number of nitrogens with one attached hydrogen (secondary N) is 2. The van der Waals surface area contributed by atoms with E-state index in [9.17, 15) is 15.0 Å². The lowest BCUT2D eigenvalue weighted by Crippen LogP contribution is -2.56. The van der Waals surface area contributed by atoms with Gasteiger partial charge in [-0.25, -0.2) is 4.98 Å². The third kappa shape index (κ3) is 3.84. The molecule has 2 heterocycles. The molecular weight excluding hydrogens is 376 g/mol. The number of carbonyl (C=O) groups excluding carboxylic acids is 1. The van der Waals surface area contributed by atoms with E-state index >= 15 is 0 Å². The average Bonchev–Trinajstić information content (AvgIpc) is 3.31. The molecule has 0 spiro atoms. The maximum Gasteiger partial charge on any atom is 0.224 e. The van der Waals surface area contributed by atoms with Crippen LogP contribution in [0.25, 0.3) is 0 Å². The highest BCUT2D eigenvalue weighted by Crippen LogP contribution is 2.41. The first-order valence-electron chi connectivity index (χ1n) is 10.5. The third-order valence-electron chi connectivity index (χ3n) is 7.04. The fourth-order valence-corrected chi connectivity index (χ4v) is 6.48. The summed E-state index contributed by atoms with van der Waals surface area (Å²) in [5, 5.41) is 29.0. The molecule has 6 atom stereocenters. The molecule has 8 heteroatoms. The Kier molecular flexibility index (Phi) is 6.01. The van der Waals surface area contributed by atoms with Crippen molar-refractivity contribution >= 4 is 17.7 Å². The van der Waals surface area contributed by atoms with Crippen molar-refractivity contribution in [3.8, 4) is 0 Å². The smallest absolute Gasteiger partial charge is 0.224 e. The van der Waals surface area contributed by atoms with E-state index in [1.807, 2.05) is 38.1 Å². The Morgan fingerprint density at radius 3 is 2.61 bits per heavy atom. The number of thioether (sulfide) groups is 1. The Morgan fingerprint density at radius 2 is 1.93 bits per heavy atom. The van der Waals surface area contributed by atoms with E-state index in [2.05, 4.69) is 20.2 Å². The summed E-state index contributed by atoms with van der Waals surface area (Å²) in [5.74, 6) is -0.350. The monoisotopic (exact) mass is 408 g/mol. The Balaban J connectivity index is 1.32. The number of aryl methyl sites for hydroxylation is 1. The Bertz CT molecular complexity index is 691. The molecule has 4 rings (SSSR count). The Morgan fingerprint density at radius 1 is 1.21 bits per heavy atom. The van der Waals surface area contributed by atoms with Crippen molar-refractivity contribution in [2.75, 3.05) is 13.1 Å². The quantitative estimate of drug-likeness (QED) is 0.587. The molecule has 156 valence electrons. The maximum absolute atomic E-state index is 13.1. The standard InChI is InChI=1S/C20H32N4O3S/c1-11-16(14-9-21-10-15(14)18(26)17(11)25)19(27)23-12-3-5-13(6-4-12)28-20-22-7-8-24(20)2/h7-8,11-18,21,25-26H,3-6,9-10H2,1-2H3,(H,23,27)/t11-,12?,13?,14+,15+,16+,17+,18+/m1/s1. The van der Waals surface area contributed by atoms with Gasteiger partial charge in [-0.15, -0.1) is 0 Å². The van der Waals surface area contributed by atoms with E-state index in [4.69, 9.17) is 0 Å². The van der Waals surface area contributed by atoms with E-state index in [1.165, 1.54) is 0 Å². The fourth-order valence-electron chi connectivity index (χ4n) is 5.32. The van der Waals surface area contributed by atoms with Crippen molar-refractivity contribution in [1.29, 1.82) is 0 Å². The Labute approximate surface area is 170 Å². The number of aromatic nitrogens is 2. The highest BCUT2D eigenvalue weighted by molar-refractivity contribution is 7.99. The number of aliphatic hydroxyl groups is 2. The van der Waals surface area contributed by atoms with Gasteiger partial charge < -0.3 is 25.4 Å². The van der Waals surface area contributed by atoms with Crippen LogP contribution in [0.2, 0.25) is 0 Å². The van der Waals surface area contributed by atoms with Crippen molar-refractivity contribution in [2.24, 2.45) is 30.7 Å². The van der Waals surface area contributed by atoms with Gasteiger partial charge in [-0.3, -0.25) is 4.79 Å². The predicted molar refractivity (Wildman–Crippen MR) is 108 cm³/mol. The zero-order chi connectivity index (χ0) is 19.8. The molecule has 4 N–H and O–H groups in total. The van der Waals surface area contributed by atoms with Crippen LogP contribution in [0.3, 0.4) is 0 Å². The zero-order valence-electron chi connectivity index (χ0n) is 16.6. The molecule has 3 aliphatic rings. The minimum atomic E-state index is -0.832. The van der Waals surface area contributed by atoms with Gasteiger partial charge in [0.25, 0.3) is 0 Å². The second kappa shape index (κ2) is 8.34. The maximum atomic E-state index is 13.1. The van der Waals surface area contributed by atoms with Crippen molar-refractivity contribution < 1.29 is 15.0 Å². The summed E-state index contributed by atoms with van der Waals surface area (Å²) in [5.41, 5.74) is 0. The molecule has 28 heavy (non-hydrogen) atoms. The number of hydrogen-bond acceptors (Lipinski definition) is 6. The van der Waals surface area contributed by atoms with Gasteiger partial charge in [0.2, 0.25) is 5.91 Å². The molecular formula is C20H32N4O3S. The summed E-state index contributed by atoms with van der Waals surface area (Å²) in [6.45, 7) is 3.31. The second-order valence-electron chi connectivity index (χ2n) is 8.77. The van der Waals surface area contributed by atoms with Crippen LogP contribution >= 0.6 is 11.8 Å². The van der Waals surface area contributed by atoms with Crippen LogP contribution in [0.15, 0.2) is 17.6 Å². The Hall–Kier alpha value is -1.09. The number of aliphatic hydroxyl groups excluding tert-OH is 2. The van der Waals surface area contributed by atoms with Crippen LogP contribution < -0.4 is 10.6 Å². The lowest BCUT2D eigenvalue weighted by molar-refractivity contribution is -0.146. The van der Waals surface area contributed by atoms with E-state index in [0.29, 0.717) is 11.8 Å². The predicted octanol–water partition coefficient (Wildman–Crippen LogP) is 0.763. The first kappa shape index (κ1) is 20.2. The molecule has 1 aromatic heterocycles. The molecule has 0 unspecified atom stereocenters. The topological polar surface area (TPSA) is 99.4 Å². The zero-order valence-corrected chi connectivity index (χ0v) is 17.4. The summed E-state index contributed by atoms with van der Waals surface area (Å²) >= 11 is 1.83. The molecule has 0 radical (unpaired) electrons. The highest BCUT2D eigenvalue weighted by atomic mass is 32.2. The molecule has 1 aromatic rings. The summed E-state index contributed by atoms with van der Waals surface area (Å²) in [7, 11) is 2.02. The SMILES string of the molecule is C[C@H]1[C@H](O)[C@@H](O)[C@H]2CNC[C@@H]2[C@H]1C(=O)NC1CCC(Sc2nccn2C)CC1. The summed E-state index contributed by atoms with van der Waals surface area (Å²) < 4.78 is 2.05. The minimum absolute atomic E-state index is 0.0353. The first-order valence-corrected chi connectivity index (χ1v) is 11.3. The van der Waals surface area contributed by atoms with E-state index < -0.39 is 12.2 Å². The summed E-state index contributed by atoms with van der Waals surface area (Å²) in [6, 6.07) is 0.203. The lowest BCUT2D eigenvalue weighted by Gasteiger charge is -2.44. The van der Waals surface area contributed by atoms with Gasteiger partial charge in [-0.2, -0.15) is 0 Å². The van der Waals surface area contributed by atoms with Gasteiger partial charge in [-0.05, 0) is 44.1 Å². The van der Waals surface area contributed by atoms with Crippen LogP contribution in [-0.2, 0) is 11.8 Å². The second-order valence-corrected chi connectivity index (χ2v) is 10.0. The van der Waals surface area contributed by atoms with Crippen molar-refractivity contribution in [1.82, 2.24) is 20.2 Å². The van der Waals surface area contributed by atoms with E-state index in [0.717, 1.165) is 37.4 Å². The molecule has 1 aliphatic heterocycles. The van der Waals surface area contributed by atoms with Crippen LogP contribution in [0.4, 0.5) is 0 Å². The average molecular weight is 409 g/mol. The number of nitrogens with zero attached hydrogens (tertiary/aromatic N) is 2. The first-order chi connectivity index (χ1) is 13.5. The van der Waals surface area contributed by atoms with Crippen LogP contribution in [-0.4, -0.2) is 62.3 Å². The lowest BCUT2D eigenvalue weighted by atomic mass is 9.65. The molecule has 0 aromatic carbocycles. The van der Waals surface area contributed by atoms with Crippen molar-refractivity contribution in [3.63, 3.8) is 0 Å². The molecule has 7 nitrogen and oxygen atoms in total. The van der Waals surface area contributed by atoms with Gasteiger partial charge in [0.1, 0.15) is 0 Å². The number of imidazole rings is 1. The highest BCUT2D eigenvalue weighted by Gasteiger charge is 2.52. The van der Waals surface area contributed by atoms with E-state index in [-0.39, 0.29) is 35.6 Å². The molecule has 2 aliphatic carbocycles. The molecule has 2 saturated carbocycles. The van der Waals surface area contributed by atoms with Gasteiger partial charge in [0.05, 0.1) is 12.2 Å². The summed E-state index contributed by atoms with van der Waals surface area (Å²) in [4.78, 5) is 17.5. The van der Waals surface area contributed by atoms with Crippen molar-refractivity contribution in [2.45, 2.75) is 61.3 Å². The number of amides is 1. The van der Waals surface area contributed by atoms with E-state index in [1.54, 1.807) is 0 Å². The number of hydrogen-bond donors (Lipinski definition) is 4. The van der Waals surface area contributed by atoms with Crippen molar-refractivity contribution in [3.05, 3.63) is 12.4 Å². The van der Waals surface area contributed by atoms with Crippen LogP contribution in [0, 0.1) is 23.7 Å². The molecule has 0 bridgehead atoms. The largest absolute Gasteiger partial charge is 0.390 e. The number of fused-ring (bicyclic) bond motifs is 1. The molecule has 1 saturated heterocycles. The van der Waals surface area contributed by atoms with Crippen LogP contribution in [0.5, 0.6) is 0 Å². The van der Waals surface area contributed by atoms with Gasteiger partial charge in [0.15, 0.2) is 5.16 Å². The summed E-state index contributed by atoms with van der Waals surface area (Å²) in [6.07, 6.45) is 6.32. The van der Waals surface area contributed by atoms with Crippen LogP contribution in [0.1, 0.15) is 32.6 Å². The molecule has 3 fully saturated rings. The minimum Gasteiger partial charge on any atom is -0.390 e. The molecule has 1 amide bonds.